The summed E-state index contributed by atoms with van der Waals surface area (Å²) in [6.45, 7) is 0. The normalized spacial score (nSPS) is 24.6. The van der Waals surface area contributed by atoms with Crippen molar-refractivity contribution < 1.29 is 10.2 Å². The van der Waals surface area contributed by atoms with Crippen LogP contribution in [0.25, 0.3) is 21.3 Å². The number of hydrogen-bond donors (Lipinski definition) is 4. The number of benzene rings is 1. The summed E-state index contributed by atoms with van der Waals surface area (Å²) >= 11 is 1.48. The molecule has 0 aliphatic heterocycles. The fourth-order valence-electron chi connectivity index (χ4n) is 4.42. The van der Waals surface area contributed by atoms with E-state index >= 15 is 0 Å². The topological polar surface area (TPSA) is 136 Å². The lowest BCUT2D eigenvalue weighted by molar-refractivity contribution is 0.00545. The number of anilines is 2. The lowest BCUT2D eigenvalue weighted by Crippen LogP contribution is -2.29. The molecule has 6 N–H and O–H groups in total. The van der Waals surface area contributed by atoms with Crippen molar-refractivity contribution in [2.45, 2.75) is 37.5 Å². The molecule has 4 atom stereocenters. The zero-order chi connectivity index (χ0) is 20.1. The number of nitrogen functional groups attached to an aromatic ring is 2. The van der Waals surface area contributed by atoms with Gasteiger partial charge in [-0.15, -0.1) is 0 Å². The predicted molar refractivity (Wildman–Crippen MR) is 113 cm³/mol. The van der Waals surface area contributed by atoms with Gasteiger partial charge in [0, 0.05) is 6.20 Å². The van der Waals surface area contributed by atoms with Gasteiger partial charge in [-0.3, -0.25) is 0 Å². The van der Waals surface area contributed by atoms with E-state index in [1.165, 1.54) is 17.7 Å². The maximum Gasteiger partial charge on any atom is 0.181 e. The Kier molecular flexibility index (Phi) is 4.38. The van der Waals surface area contributed by atoms with Crippen molar-refractivity contribution in [1.29, 1.82) is 0 Å². The third-order valence-corrected chi connectivity index (χ3v) is 6.81. The number of aromatic nitrogens is 4. The first-order valence-corrected chi connectivity index (χ1v) is 10.4. The summed E-state index contributed by atoms with van der Waals surface area (Å²) < 4.78 is 2.98. The van der Waals surface area contributed by atoms with E-state index in [2.05, 4.69) is 27.1 Å². The number of thiazole rings is 1. The van der Waals surface area contributed by atoms with Crippen molar-refractivity contribution >= 4 is 43.5 Å². The molecule has 1 aliphatic rings. The van der Waals surface area contributed by atoms with E-state index in [1.54, 1.807) is 0 Å². The maximum atomic E-state index is 10.7. The second-order valence-corrected chi connectivity index (χ2v) is 8.72. The molecule has 0 radical (unpaired) electrons. The summed E-state index contributed by atoms with van der Waals surface area (Å²) in [6.07, 6.45) is 3.89. The molecule has 1 fully saturated rings. The molecule has 0 amide bonds. The number of aliphatic hydroxyl groups excluding tert-OH is 2. The fraction of sp³-hybridized carbons (Fsp3) is 0.350. The molecule has 0 unspecified atom stereocenters. The quantitative estimate of drug-likeness (QED) is 0.404. The Balaban J connectivity index is 1.34. The average molecular weight is 411 g/mol. The number of fused-ring (bicyclic) bond motifs is 2. The van der Waals surface area contributed by atoms with Crippen LogP contribution in [0.1, 0.15) is 24.4 Å². The van der Waals surface area contributed by atoms with Crippen LogP contribution in [0.4, 0.5) is 10.9 Å². The van der Waals surface area contributed by atoms with Crippen LogP contribution >= 0.6 is 11.3 Å². The van der Waals surface area contributed by atoms with E-state index in [0.29, 0.717) is 23.0 Å². The Morgan fingerprint density at radius 2 is 2.00 bits per heavy atom. The van der Waals surface area contributed by atoms with Gasteiger partial charge < -0.3 is 26.2 Å². The summed E-state index contributed by atoms with van der Waals surface area (Å²) in [5.74, 6) is 0.402. The molecule has 3 aromatic heterocycles. The molecule has 0 bridgehead atoms. The average Bonchev–Trinajstić information content (AvgIpc) is 3.37. The molecule has 5 rings (SSSR count). The zero-order valence-corrected chi connectivity index (χ0v) is 16.5. The smallest absolute Gasteiger partial charge is 0.181 e. The lowest BCUT2D eigenvalue weighted by atomic mass is 9.96. The maximum absolute atomic E-state index is 10.7. The van der Waals surface area contributed by atoms with E-state index in [4.69, 9.17) is 11.5 Å². The summed E-state index contributed by atoms with van der Waals surface area (Å²) in [4.78, 5) is 12.7. The molecule has 1 aliphatic carbocycles. The summed E-state index contributed by atoms with van der Waals surface area (Å²) in [5, 5.41) is 22.7. The molecular weight excluding hydrogens is 388 g/mol. The minimum atomic E-state index is -0.854. The van der Waals surface area contributed by atoms with Crippen LogP contribution in [0.3, 0.4) is 0 Å². The first-order valence-electron chi connectivity index (χ1n) is 9.59. The summed E-state index contributed by atoms with van der Waals surface area (Å²) in [7, 11) is 0. The molecule has 29 heavy (non-hydrogen) atoms. The monoisotopic (exact) mass is 410 g/mol. The van der Waals surface area contributed by atoms with E-state index in [0.717, 1.165) is 34.0 Å². The first kappa shape index (κ1) is 18.3. The SMILES string of the molecule is Nc1nc2cc(CC[C@H]3C[C@@H](n4ccc5c(N)ncnc54)[C@H](O)[C@@H]3O)ccc2s1. The van der Waals surface area contributed by atoms with Gasteiger partial charge in [0.1, 0.15) is 23.9 Å². The zero-order valence-electron chi connectivity index (χ0n) is 15.6. The third kappa shape index (κ3) is 3.11. The second-order valence-electron chi connectivity index (χ2n) is 7.66. The van der Waals surface area contributed by atoms with Crippen molar-refractivity contribution in [2.75, 3.05) is 11.5 Å². The van der Waals surface area contributed by atoms with Crippen LogP contribution in [-0.2, 0) is 6.42 Å². The Hall–Kier alpha value is -2.75. The van der Waals surface area contributed by atoms with Crippen molar-refractivity contribution in [1.82, 2.24) is 19.5 Å². The van der Waals surface area contributed by atoms with Crippen LogP contribution < -0.4 is 11.5 Å². The molecule has 3 heterocycles. The highest BCUT2D eigenvalue weighted by Gasteiger charge is 2.42. The number of aryl methyl sites for hydroxylation is 1. The van der Waals surface area contributed by atoms with Gasteiger partial charge in [-0.25, -0.2) is 15.0 Å². The number of aliphatic hydroxyl groups is 2. The van der Waals surface area contributed by atoms with E-state index in [9.17, 15) is 10.2 Å². The standard InChI is InChI=1S/C20H22N6O2S/c21-18-12-5-6-26(19(12)24-9-23-18)14-8-11(16(27)17(14)28)3-1-10-2-4-15-13(7-10)25-20(22)29-15/h2,4-7,9,11,14,16-17,27-28H,1,3,8H2,(H2,22,25)(H2,21,23,24)/t11-,14+,16+,17-/m0/s1. The van der Waals surface area contributed by atoms with Crippen molar-refractivity contribution in [2.24, 2.45) is 5.92 Å². The van der Waals surface area contributed by atoms with Gasteiger partial charge >= 0.3 is 0 Å². The molecule has 8 nitrogen and oxygen atoms in total. The highest BCUT2D eigenvalue weighted by Crippen LogP contribution is 2.39. The molecule has 0 spiro atoms. The first-order chi connectivity index (χ1) is 14.0. The van der Waals surface area contributed by atoms with Crippen LogP contribution in [0, 0.1) is 5.92 Å². The third-order valence-electron chi connectivity index (χ3n) is 5.94. The molecule has 4 aromatic rings. The molecule has 0 saturated heterocycles. The Labute approximate surface area is 170 Å². The Morgan fingerprint density at radius 1 is 1.14 bits per heavy atom. The minimum absolute atomic E-state index is 0.0113. The summed E-state index contributed by atoms with van der Waals surface area (Å²) in [6, 6.07) is 7.77. The Morgan fingerprint density at radius 3 is 2.86 bits per heavy atom. The van der Waals surface area contributed by atoms with E-state index < -0.39 is 12.2 Å². The fourth-order valence-corrected chi connectivity index (χ4v) is 5.13. The number of rotatable bonds is 4. The molecular formula is C20H22N6O2S. The highest BCUT2D eigenvalue weighted by molar-refractivity contribution is 7.22. The summed E-state index contributed by atoms with van der Waals surface area (Å²) in [5.41, 5.74) is 14.4. The largest absolute Gasteiger partial charge is 0.390 e. The van der Waals surface area contributed by atoms with Crippen molar-refractivity contribution in [3.8, 4) is 0 Å². The van der Waals surface area contributed by atoms with Crippen LogP contribution in [0.5, 0.6) is 0 Å². The van der Waals surface area contributed by atoms with Gasteiger partial charge in [-0.2, -0.15) is 0 Å². The number of nitrogens with two attached hydrogens (primary N) is 2. The van der Waals surface area contributed by atoms with Crippen LogP contribution in [0.2, 0.25) is 0 Å². The second kappa shape index (κ2) is 6.94. The molecule has 150 valence electrons. The highest BCUT2D eigenvalue weighted by atomic mass is 32.1. The van der Waals surface area contributed by atoms with Gasteiger partial charge in [-0.05, 0) is 48.9 Å². The Bertz CT molecular complexity index is 1190. The van der Waals surface area contributed by atoms with Crippen LogP contribution in [-0.4, -0.2) is 41.9 Å². The lowest BCUT2D eigenvalue weighted by Gasteiger charge is -2.19. The number of hydrogen-bond acceptors (Lipinski definition) is 8. The van der Waals surface area contributed by atoms with Gasteiger partial charge in [0.05, 0.1) is 27.7 Å². The van der Waals surface area contributed by atoms with E-state index in [1.807, 2.05) is 22.9 Å². The minimum Gasteiger partial charge on any atom is -0.390 e. The van der Waals surface area contributed by atoms with Gasteiger partial charge in [0.2, 0.25) is 0 Å². The van der Waals surface area contributed by atoms with Crippen molar-refractivity contribution in [3.05, 3.63) is 42.4 Å². The van der Waals surface area contributed by atoms with E-state index in [-0.39, 0.29) is 12.0 Å². The number of nitrogens with zero attached hydrogens (tertiary/aromatic N) is 4. The van der Waals surface area contributed by atoms with Gasteiger partial charge in [0.15, 0.2) is 5.13 Å². The molecule has 9 heteroatoms. The predicted octanol–water partition coefficient (Wildman–Crippen LogP) is 2.12. The molecule has 1 saturated carbocycles. The van der Waals surface area contributed by atoms with Crippen LogP contribution in [0.15, 0.2) is 36.8 Å². The molecule has 1 aromatic carbocycles. The van der Waals surface area contributed by atoms with Gasteiger partial charge in [0.25, 0.3) is 0 Å². The van der Waals surface area contributed by atoms with Crippen molar-refractivity contribution in [3.63, 3.8) is 0 Å². The van der Waals surface area contributed by atoms with Gasteiger partial charge in [-0.1, -0.05) is 17.4 Å².